The molecule has 0 atom stereocenters. The van der Waals surface area contributed by atoms with Crippen molar-refractivity contribution in [1.82, 2.24) is 4.57 Å². The summed E-state index contributed by atoms with van der Waals surface area (Å²) in [7, 11) is 0. The lowest BCUT2D eigenvalue weighted by Gasteiger charge is -2.13. The number of benzene rings is 2. The number of non-ortho nitro benzene ring substituents is 1. The van der Waals surface area contributed by atoms with E-state index in [0.29, 0.717) is 16.3 Å². The third-order valence-electron chi connectivity index (χ3n) is 5.21. The number of imide groups is 1. The summed E-state index contributed by atoms with van der Waals surface area (Å²) in [5.74, 6) is -0.363. The lowest BCUT2D eigenvalue weighted by molar-refractivity contribution is -0.384. The maximum absolute atomic E-state index is 12.9. The van der Waals surface area contributed by atoms with Gasteiger partial charge in [-0.25, -0.2) is 4.90 Å². The number of carbonyl (C=O) groups excluding carboxylic acids is 2. The Kier molecular flexibility index (Phi) is 5.24. The van der Waals surface area contributed by atoms with Crippen LogP contribution in [0.3, 0.4) is 0 Å². The van der Waals surface area contributed by atoms with E-state index in [9.17, 15) is 19.7 Å². The Bertz CT molecular complexity index is 1260. The molecule has 0 saturated carbocycles. The summed E-state index contributed by atoms with van der Waals surface area (Å²) in [5, 5.41) is 10.9. The Labute approximate surface area is 183 Å². The Morgan fingerprint density at radius 3 is 2.39 bits per heavy atom. The van der Waals surface area contributed by atoms with Crippen LogP contribution < -0.4 is 4.90 Å². The van der Waals surface area contributed by atoms with Gasteiger partial charge < -0.3 is 4.57 Å². The van der Waals surface area contributed by atoms with Gasteiger partial charge in [-0.15, -0.1) is 0 Å². The fourth-order valence-corrected chi connectivity index (χ4v) is 4.50. The van der Waals surface area contributed by atoms with Crippen LogP contribution in [-0.4, -0.2) is 20.6 Å². The van der Waals surface area contributed by atoms with Gasteiger partial charge in [-0.1, -0.05) is 24.3 Å². The molecule has 1 saturated heterocycles. The highest BCUT2D eigenvalue weighted by atomic mass is 32.2. The van der Waals surface area contributed by atoms with E-state index in [2.05, 4.69) is 0 Å². The van der Waals surface area contributed by atoms with Crippen molar-refractivity contribution in [3.63, 3.8) is 0 Å². The summed E-state index contributed by atoms with van der Waals surface area (Å²) in [6, 6.07) is 15.5. The highest BCUT2D eigenvalue weighted by Crippen LogP contribution is 2.37. The molecule has 0 aliphatic carbocycles. The molecule has 1 aromatic heterocycles. The average molecular weight is 433 g/mol. The summed E-state index contributed by atoms with van der Waals surface area (Å²) in [5.41, 5.74) is 4.62. The number of carbonyl (C=O) groups is 2. The minimum Gasteiger partial charge on any atom is -0.317 e. The Hall–Kier alpha value is -3.65. The fraction of sp³-hybridized carbons (Fsp3) is 0.130. The normalized spacial score (nSPS) is 15.2. The summed E-state index contributed by atoms with van der Waals surface area (Å²) < 4.78 is 1.93. The summed E-state index contributed by atoms with van der Waals surface area (Å²) in [4.78, 5) is 37.7. The van der Waals surface area contributed by atoms with E-state index in [1.54, 1.807) is 42.5 Å². The molecule has 1 aliphatic heterocycles. The highest BCUT2D eigenvalue weighted by molar-refractivity contribution is 8.19. The molecule has 1 fully saturated rings. The zero-order chi connectivity index (χ0) is 22.3. The molecule has 156 valence electrons. The standard InChI is InChI=1S/C23H19N3O4S/c1-14-9-10-19(26(29)30)13-20(14)24-15(2)11-17(16(24)3)12-21-22(27)25(23(28)31-21)18-7-5-4-6-8-18/h4-13H,1-3H3. The molecule has 0 bridgehead atoms. The van der Waals surface area contributed by atoms with Crippen LogP contribution in [0.2, 0.25) is 0 Å². The van der Waals surface area contributed by atoms with Crippen LogP contribution in [0.15, 0.2) is 59.5 Å². The molecule has 2 amide bonds. The predicted molar refractivity (Wildman–Crippen MR) is 122 cm³/mol. The number of amides is 2. The molecule has 4 rings (SSSR count). The van der Waals surface area contributed by atoms with E-state index in [1.165, 1.54) is 11.0 Å². The summed E-state index contributed by atoms with van der Waals surface area (Å²) >= 11 is 0.901. The number of nitro groups is 1. The molecular formula is C23H19N3O4S. The third-order valence-corrected chi connectivity index (χ3v) is 6.08. The third kappa shape index (κ3) is 3.66. The Morgan fingerprint density at radius 1 is 1.00 bits per heavy atom. The molecule has 3 aromatic rings. The zero-order valence-electron chi connectivity index (χ0n) is 17.2. The average Bonchev–Trinajstić information content (AvgIpc) is 3.17. The van der Waals surface area contributed by atoms with Crippen LogP contribution in [0.1, 0.15) is 22.5 Å². The number of aromatic nitrogens is 1. The molecule has 0 N–H and O–H groups in total. The van der Waals surface area contributed by atoms with Crippen molar-refractivity contribution in [1.29, 1.82) is 0 Å². The van der Waals surface area contributed by atoms with Crippen molar-refractivity contribution >= 4 is 40.4 Å². The number of anilines is 1. The van der Waals surface area contributed by atoms with Crippen LogP contribution in [-0.2, 0) is 4.79 Å². The van der Waals surface area contributed by atoms with Crippen molar-refractivity contribution in [3.8, 4) is 5.69 Å². The van der Waals surface area contributed by atoms with Crippen LogP contribution >= 0.6 is 11.8 Å². The van der Waals surface area contributed by atoms with Crippen molar-refractivity contribution in [2.75, 3.05) is 4.90 Å². The van der Waals surface area contributed by atoms with Crippen LogP contribution in [0.5, 0.6) is 0 Å². The number of thioether (sulfide) groups is 1. The molecule has 2 heterocycles. The minimum atomic E-state index is -0.419. The van der Waals surface area contributed by atoms with E-state index in [4.69, 9.17) is 0 Å². The van der Waals surface area contributed by atoms with E-state index in [1.807, 2.05) is 37.5 Å². The first kappa shape index (κ1) is 20.6. The van der Waals surface area contributed by atoms with Gasteiger partial charge in [0.2, 0.25) is 0 Å². The quantitative estimate of drug-likeness (QED) is 0.306. The minimum absolute atomic E-state index is 0.0126. The van der Waals surface area contributed by atoms with Gasteiger partial charge >= 0.3 is 0 Å². The van der Waals surface area contributed by atoms with Crippen molar-refractivity contribution in [2.45, 2.75) is 20.8 Å². The van der Waals surface area contributed by atoms with Crippen LogP contribution in [0, 0.1) is 30.9 Å². The van der Waals surface area contributed by atoms with Gasteiger partial charge in [-0.05, 0) is 67.9 Å². The number of hydrogen-bond donors (Lipinski definition) is 0. The van der Waals surface area contributed by atoms with E-state index in [0.717, 1.165) is 34.3 Å². The number of para-hydroxylation sites is 1. The Balaban J connectivity index is 1.74. The number of nitrogens with zero attached hydrogens (tertiary/aromatic N) is 3. The van der Waals surface area contributed by atoms with Gasteiger partial charge in [0, 0.05) is 23.5 Å². The lowest BCUT2D eigenvalue weighted by atomic mass is 10.1. The number of rotatable bonds is 4. The van der Waals surface area contributed by atoms with Gasteiger partial charge in [0.15, 0.2) is 0 Å². The topological polar surface area (TPSA) is 85.4 Å². The molecule has 0 spiro atoms. The number of aryl methyl sites for hydroxylation is 2. The second kappa shape index (κ2) is 7.88. The first-order valence-electron chi connectivity index (χ1n) is 9.55. The predicted octanol–water partition coefficient (Wildman–Crippen LogP) is 5.55. The van der Waals surface area contributed by atoms with E-state index >= 15 is 0 Å². The van der Waals surface area contributed by atoms with Crippen molar-refractivity contribution in [2.24, 2.45) is 0 Å². The zero-order valence-corrected chi connectivity index (χ0v) is 18.0. The molecule has 2 aromatic carbocycles. The number of hydrogen-bond acceptors (Lipinski definition) is 5. The second-order valence-corrected chi connectivity index (χ2v) is 8.24. The summed E-state index contributed by atoms with van der Waals surface area (Å²) in [6.07, 6.45) is 1.71. The molecule has 0 unspecified atom stereocenters. The molecule has 0 radical (unpaired) electrons. The maximum atomic E-state index is 12.9. The largest absolute Gasteiger partial charge is 0.317 e. The molecular weight excluding hydrogens is 414 g/mol. The second-order valence-electron chi connectivity index (χ2n) is 7.24. The molecule has 8 heteroatoms. The maximum Gasteiger partial charge on any atom is 0.298 e. The molecule has 31 heavy (non-hydrogen) atoms. The van der Waals surface area contributed by atoms with Crippen molar-refractivity contribution < 1.29 is 14.5 Å². The van der Waals surface area contributed by atoms with Gasteiger partial charge in [0.25, 0.3) is 16.8 Å². The first-order chi connectivity index (χ1) is 14.8. The van der Waals surface area contributed by atoms with Gasteiger partial charge in [-0.3, -0.25) is 19.7 Å². The van der Waals surface area contributed by atoms with Gasteiger partial charge in [0.1, 0.15) is 0 Å². The highest BCUT2D eigenvalue weighted by Gasteiger charge is 2.36. The van der Waals surface area contributed by atoms with Gasteiger partial charge in [-0.2, -0.15) is 0 Å². The molecule has 7 nitrogen and oxygen atoms in total. The Morgan fingerprint density at radius 2 is 1.71 bits per heavy atom. The lowest BCUT2D eigenvalue weighted by Crippen LogP contribution is -2.27. The van der Waals surface area contributed by atoms with E-state index < -0.39 is 4.92 Å². The summed E-state index contributed by atoms with van der Waals surface area (Å²) in [6.45, 7) is 5.68. The van der Waals surface area contributed by atoms with Crippen LogP contribution in [0.4, 0.5) is 16.2 Å². The van der Waals surface area contributed by atoms with Crippen molar-refractivity contribution in [3.05, 3.63) is 92.1 Å². The fourth-order valence-electron chi connectivity index (χ4n) is 3.67. The number of nitro benzene ring substituents is 1. The first-order valence-corrected chi connectivity index (χ1v) is 10.4. The smallest absolute Gasteiger partial charge is 0.298 e. The van der Waals surface area contributed by atoms with E-state index in [-0.39, 0.29) is 16.8 Å². The molecule has 1 aliphatic rings. The van der Waals surface area contributed by atoms with Crippen LogP contribution in [0.25, 0.3) is 11.8 Å². The SMILES string of the molecule is Cc1ccc([N+](=O)[O-])cc1-n1c(C)cc(C=C2SC(=O)N(c3ccccc3)C2=O)c1C. The monoisotopic (exact) mass is 433 g/mol. The van der Waals surface area contributed by atoms with Gasteiger partial charge in [0.05, 0.1) is 21.2 Å².